The molecule has 1 N–H and O–H groups in total. The maximum absolute atomic E-state index is 12.4. The SMILES string of the molecule is Cc1nn(CC(C)C)c(C)c1CCC(=O)Nc1nnc(SCc2ccc(C#N)cc2)s1. The standard InChI is InChI=1S/C22H26N6OS2/c1-14(2)12-28-16(4)19(15(3)27-28)9-10-20(29)24-21-25-26-22(31-21)30-13-18-7-5-17(11-23)6-8-18/h5-8,14H,9-10,12-13H2,1-4H3,(H,24,25,29). The quantitative estimate of drug-likeness (QED) is 0.370. The molecule has 0 aliphatic rings. The van der Waals surface area contributed by atoms with Gasteiger partial charge in [-0.1, -0.05) is 49.1 Å². The van der Waals surface area contributed by atoms with Gasteiger partial charge in [-0.05, 0) is 49.4 Å². The van der Waals surface area contributed by atoms with Crippen LogP contribution in [-0.2, 0) is 23.5 Å². The Morgan fingerprint density at radius 3 is 2.68 bits per heavy atom. The van der Waals surface area contributed by atoms with E-state index >= 15 is 0 Å². The largest absolute Gasteiger partial charge is 0.300 e. The van der Waals surface area contributed by atoms with E-state index in [1.54, 1.807) is 23.9 Å². The summed E-state index contributed by atoms with van der Waals surface area (Å²) in [5.41, 5.74) is 5.02. The van der Waals surface area contributed by atoms with E-state index in [0.717, 1.165) is 39.2 Å². The molecule has 0 bridgehead atoms. The third-order valence-electron chi connectivity index (χ3n) is 4.77. The molecule has 0 unspecified atom stereocenters. The Morgan fingerprint density at radius 2 is 2.00 bits per heavy atom. The van der Waals surface area contributed by atoms with Gasteiger partial charge in [0.15, 0.2) is 4.34 Å². The van der Waals surface area contributed by atoms with Gasteiger partial charge in [0, 0.05) is 24.4 Å². The fourth-order valence-electron chi connectivity index (χ4n) is 3.18. The highest BCUT2D eigenvalue weighted by atomic mass is 32.2. The molecule has 0 saturated heterocycles. The number of nitrogens with zero attached hydrogens (tertiary/aromatic N) is 5. The highest BCUT2D eigenvalue weighted by molar-refractivity contribution is 8.00. The number of benzene rings is 1. The number of aromatic nitrogens is 4. The van der Waals surface area contributed by atoms with E-state index < -0.39 is 0 Å². The van der Waals surface area contributed by atoms with Gasteiger partial charge in [-0.25, -0.2) is 0 Å². The van der Waals surface area contributed by atoms with Crippen LogP contribution in [0.3, 0.4) is 0 Å². The van der Waals surface area contributed by atoms with Gasteiger partial charge in [-0.15, -0.1) is 10.2 Å². The van der Waals surface area contributed by atoms with Gasteiger partial charge in [0.2, 0.25) is 11.0 Å². The number of aryl methyl sites for hydroxylation is 1. The van der Waals surface area contributed by atoms with Crippen molar-refractivity contribution in [1.82, 2.24) is 20.0 Å². The topological polar surface area (TPSA) is 96.5 Å². The van der Waals surface area contributed by atoms with Crippen LogP contribution in [0.4, 0.5) is 5.13 Å². The number of amides is 1. The van der Waals surface area contributed by atoms with Crippen molar-refractivity contribution < 1.29 is 4.79 Å². The summed E-state index contributed by atoms with van der Waals surface area (Å²) in [6, 6.07) is 9.59. The molecule has 162 valence electrons. The lowest BCUT2D eigenvalue weighted by Crippen LogP contribution is -2.13. The predicted octanol–water partition coefficient (Wildman–Crippen LogP) is 4.74. The fraction of sp³-hybridized carbons (Fsp3) is 0.409. The van der Waals surface area contributed by atoms with Crippen LogP contribution >= 0.6 is 23.1 Å². The first-order valence-electron chi connectivity index (χ1n) is 10.1. The van der Waals surface area contributed by atoms with Crippen molar-refractivity contribution in [2.24, 2.45) is 5.92 Å². The second kappa shape index (κ2) is 10.6. The number of rotatable bonds is 9. The second-order valence-electron chi connectivity index (χ2n) is 7.74. The Hall–Kier alpha value is -2.70. The lowest BCUT2D eigenvalue weighted by molar-refractivity contribution is -0.116. The minimum absolute atomic E-state index is 0.0739. The average molecular weight is 455 g/mol. The first kappa shape index (κ1) is 23.0. The summed E-state index contributed by atoms with van der Waals surface area (Å²) < 4.78 is 2.83. The molecule has 1 amide bonds. The molecular weight excluding hydrogens is 428 g/mol. The molecule has 3 aromatic rings. The molecule has 1 aromatic carbocycles. The van der Waals surface area contributed by atoms with Gasteiger partial charge in [0.25, 0.3) is 0 Å². The van der Waals surface area contributed by atoms with Gasteiger partial charge in [-0.2, -0.15) is 10.4 Å². The van der Waals surface area contributed by atoms with E-state index in [2.05, 4.69) is 47.5 Å². The predicted molar refractivity (Wildman–Crippen MR) is 124 cm³/mol. The summed E-state index contributed by atoms with van der Waals surface area (Å²) in [7, 11) is 0. The van der Waals surface area contributed by atoms with Crippen LogP contribution in [0.2, 0.25) is 0 Å². The monoisotopic (exact) mass is 454 g/mol. The molecule has 3 rings (SSSR count). The third-order valence-corrected chi connectivity index (χ3v) is 6.81. The zero-order valence-corrected chi connectivity index (χ0v) is 19.8. The summed E-state index contributed by atoms with van der Waals surface area (Å²) in [5.74, 6) is 1.18. The highest BCUT2D eigenvalue weighted by Gasteiger charge is 2.15. The second-order valence-corrected chi connectivity index (χ2v) is 9.94. The van der Waals surface area contributed by atoms with Crippen molar-refractivity contribution in [2.75, 3.05) is 5.32 Å². The Labute approximate surface area is 190 Å². The van der Waals surface area contributed by atoms with Crippen LogP contribution < -0.4 is 5.32 Å². The van der Waals surface area contributed by atoms with Crippen LogP contribution in [0, 0.1) is 31.1 Å². The van der Waals surface area contributed by atoms with Crippen LogP contribution in [0.1, 0.15) is 48.3 Å². The maximum Gasteiger partial charge on any atom is 0.226 e. The van der Waals surface area contributed by atoms with Crippen molar-refractivity contribution >= 4 is 34.1 Å². The summed E-state index contributed by atoms with van der Waals surface area (Å²) in [5, 5.41) is 25.1. The van der Waals surface area contributed by atoms with Crippen LogP contribution in [0.5, 0.6) is 0 Å². The molecule has 2 heterocycles. The third kappa shape index (κ3) is 6.39. The number of nitrogens with one attached hydrogen (secondary N) is 1. The minimum atomic E-state index is -0.0739. The summed E-state index contributed by atoms with van der Waals surface area (Å²) >= 11 is 2.92. The van der Waals surface area contributed by atoms with Gasteiger partial charge in [-0.3, -0.25) is 9.48 Å². The lowest BCUT2D eigenvalue weighted by atomic mass is 10.1. The first-order valence-corrected chi connectivity index (χ1v) is 11.9. The molecule has 31 heavy (non-hydrogen) atoms. The Kier molecular flexibility index (Phi) is 7.82. The number of anilines is 1. The zero-order chi connectivity index (χ0) is 22.4. The molecule has 2 aromatic heterocycles. The number of nitriles is 1. The van der Waals surface area contributed by atoms with E-state index in [9.17, 15) is 4.79 Å². The van der Waals surface area contributed by atoms with Crippen LogP contribution in [0.25, 0.3) is 0 Å². The molecule has 0 fully saturated rings. The van der Waals surface area contributed by atoms with E-state index in [1.807, 2.05) is 23.7 Å². The van der Waals surface area contributed by atoms with Crippen molar-refractivity contribution in [3.8, 4) is 6.07 Å². The van der Waals surface area contributed by atoms with Crippen molar-refractivity contribution in [2.45, 2.75) is 57.2 Å². The van der Waals surface area contributed by atoms with Crippen LogP contribution in [-0.4, -0.2) is 25.9 Å². The molecule has 9 heteroatoms. The van der Waals surface area contributed by atoms with Gasteiger partial charge < -0.3 is 5.32 Å². The summed E-state index contributed by atoms with van der Waals surface area (Å²) in [6.45, 7) is 9.29. The molecule has 7 nitrogen and oxygen atoms in total. The van der Waals surface area contributed by atoms with Crippen molar-refractivity contribution in [3.63, 3.8) is 0 Å². The molecular formula is C22H26N6OS2. The number of thioether (sulfide) groups is 1. The Bertz CT molecular complexity index is 1080. The van der Waals surface area contributed by atoms with Crippen LogP contribution in [0.15, 0.2) is 28.6 Å². The average Bonchev–Trinajstić information content (AvgIpc) is 3.28. The Morgan fingerprint density at radius 1 is 1.26 bits per heavy atom. The first-order chi connectivity index (χ1) is 14.9. The summed E-state index contributed by atoms with van der Waals surface area (Å²) in [6.07, 6.45) is 1.03. The van der Waals surface area contributed by atoms with Gasteiger partial charge in [0.1, 0.15) is 0 Å². The van der Waals surface area contributed by atoms with Gasteiger partial charge >= 0.3 is 0 Å². The normalized spacial score (nSPS) is 11.0. The van der Waals surface area contributed by atoms with E-state index in [0.29, 0.717) is 29.5 Å². The number of hydrogen-bond donors (Lipinski definition) is 1. The smallest absolute Gasteiger partial charge is 0.226 e. The van der Waals surface area contributed by atoms with Gasteiger partial charge in [0.05, 0.1) is 17.3 Å². The van der Waals surface area contributed by atoms with E-state index in [4.69, 9.17) is 5.26 Å². The lowest BCUT2D eigenvalue weighted by Gasteiger charge is -2.08. The van der Waals surface area contributed by atoms with E-state index in [-0.39, 0.29) is 5.91 Å². The van der Waals surface area contributed by atoms with Crippen molar-refractivity contribution in [1.29, 1.82) is 5.26 Å². The van der Waals surface area contributed by atoms with Crippen molar-refractivity contribution in [3.05, 3.63) is 52.3 Å². The molecule has 0 aliphatic heterocycles. The summed E-state index contributed by atoms with van der Waals surface area (Å²) in [4.78, 5) is 12.4. The fourth-order valence-corrected chi connectivity index (χ4v) is 4.90. The Balaban J connectivity index is 1.50. The highest BCUT2D eigenvalue weighted by Crippen LogP contribution is 2.28. The molecule has 0 spiro atoms. The molecule has 0 aliphatic carbocycles. The molecule has 0 atom stereocenters. The number of carbonyl (C=O) groups is 1. The number of hydrogen-bond acceptors (Lipinski definition) is 7. The number of carbonyl (C=O) groups excluding carboxylic acids is 1. The van der Waals surface area contributed by atoms with E-state index in [1.165, 1.54) is 11.3 Å². The maximum atomic E-state index is 12.4. The zero-order valence-electron chi connectivity index (χ0n) is 18.2. The molecule has 0 radical (unpaired) electrons. The minimum Gasteiger partial charge on any atom is -0.300 e. The molecule has 0 saturated carbocycles.